The minimum absolute atomic E-state index is 0.0154. The van der Waals surface area contributed by atoms with Gasteiger partial charge in [0.05, 0.1) is 6.04 Å². The van der Waals surface area contributed by atoms with Crippen LogP contribution in [-0.4, -0.2) is 37.0 Å². The first kappa shape index (κ1) is 19.7. The molecule has 0 aromatic heterocycles. The van der Waals surface area contributed by atoms with Crippen LogP contribution >= 0.6 is 0 Å². The second kappa shape index (κ2) is 12.5. The third-order valence-corrected chi connectivity index (χ3v) is 3.12. The number of carbonyl (C=O) groups excluding carboxylic acids is 2. The lowest BCUT2D eigenvalue weighted by molar-refractivity contribution is -0.138. The zero-order chi connectivity index (χ0) is 16.1. The van der Waals surface area contributed by atoms with Crippen LogP contribution in [0.3, 0.4) is 0 Å². The van der Waals surface area contributed by atoms with Crippen LogP contribution in [0.15, 0.2) is 5.16 Å². The highest BCUT2D eigenvalue weighted by atomic mass is 16.6. The number of hydrogen-bond acceptors (Lipinski definition) is 6. The van der Waals surface area contributed by atoms with Crippen molar-refractivity contribution in [3.63, 3.8) is 0 Å². The number of ketones is 2. The summed E-state index contributed by atoms with van der Waals surface area (Å²) in [6.45, 7) is 4.80. The minimum Gasteiger partial charge on any atom is -0.396 e. The Labute approximate surface area is 127 Å². The van der Waals surface area contributed by atoms with Crippen molar-refractivity contribution < 1.29 is 14.4 Å². The Morgan fingerprint density at radius 3 is 2.52 bits per heavy atom. The maximum atomic E-state index is 11.6. The highest BCUT2D eigenvalue weighted by Gasteiger charge is 2.23. The second-order valence-electron chi connectivity index (χ2n) is 5.42. The highest BCUT2D eigenvalue weighted by Crippen LogP contribution is 2.04. The van der Waals surface area contributed by atoms with E-state index in [2.05, 4.69) is 5.16 Å². The molecule has 0 aliphatic heterocycles. The molecule has 0 unspecified atom stereocenters. The third-order valence-electron chi connectivity index (χ3n) is 3.12. The standard InChI is InChI=1S/C15H29N3O3/c1-12(2)14(17)15(20)13(19)8-4-7-11-21-18-10-6-3-5-9-16/h10,12,14H,3-9,11,16-17H2,1-2H3/b18-10+/t14-/m0/s1. The molecule has 1 atom stereocenters. The molecule has 0 spiro atoms. The van der Waals surface area contributed by atoms with Crippen molar-refractivity contribution in [2.45, 2.75) is 58.4 Å². The van der Waals surface area contributed by atoms with Crippen molar-refractivity contribution in [1.29, 1.82) is 0 Å². The van der Waals surface area contributed by atoms with Crippen molar-refractivity contribution in [2.24, 2.45) is 22.5 Å². The molecule has 0 saturated heterocycles. The Hall–Kier alpha value is -1.27. The van der Waals surface area contributed by atoms with Crippen molar-refractivity contribution >= 4 is 17.8 Å². The topological polar surface area (TPSA) is 108 Å². The Morgan fingerprint density at radius 1 is 1.19 bits per heavy atom. The average Bonchev–Trinajstić information content (AvgIpc) is 2.47. The lowest BCUT2D eigenvalue weighted by atomic mass is 9.96. The summed E-state index contributed by atoms with van der Waals surface area (Å²) in [4.78, 5) is 28.3. The number of unbranched alkanes of at least 4 members (excludes halogenated alkanes) is 3. The Kier molecular flexibility index (Phi) is 11.7. The SMILES string of the molecule is CC(C)[C@H](N)C(=O)C(=O)CCCCO/N=C/CCCCN. The molecule has 6 heteroatoms. The van der Waals surface area contributed by atoms with Crippen LogP contribution in [0.4, 0.5) is 0 Å². The lowest BCUT2D eigenvalue weighted by Crippen LogP contribution is -2.40. The minimum atomic E-state index is -0.688. The van der Waals surface area contributed by atoms with E-state index in [-0.39, 0.29) is 18.1 Å². The van der Waals surface area contributed by atoms with Crippen molar-refractivity contribution in [2.75, 3.05) is 13.2 Å². The molecule has 122 valence electrons. The number of oxime groups is 1. The monoisotopic (exact) mass is 299 g/mol. The van der Waals surface area contributed by atoms with Gasteiger partial charge in [0.2, 0.25) is 5.78 Å². The highest BCUT2D eigenvalue weighted by molar-refractivity contribution is 6.39. The van der Waals surface area contributed by atoms with Gasteiger partial charge in [-0.2, -0.15) is 0 Å². The third kappa shape index (κ3) is 10.1. The van der Waals surface area contributed by atoms with Gasteiger partial charge in [0.15, 0.2) is 5.78 Å². The molecule has 0 amide bonds. The molecule has 0 aliphatic rings. The molecule has 0 aromatic carbocycles. The first-order chi connectivity index (χ1) is 10.0. The molecular formula is C15H29N3O3. The van der Waals surface area contributed by atoms with E-state index < -0.39 is 11.8 Å². The van der Waals surface area contributed by atoms with Gasteiger partial charge in [0.25, 0.3) is 0 Å². The summed E-state index contributed by atoms with van der Waals surface area (Å²) in [5, 5.41) is 3.81. The van der Waals surface area contributed by atoms with Crippen molar-refractivity contribution in [3.8, 4) is 0 Å². The molecule has 4 N–H and O–H groups in total. The summed E-state index contributed by atoms with van der Waals surface area (Å²) in [5.74, 6) is -0.872. The summed E-state index contributed by atoms with van der Waals surface area (Å²) in [6, 6.07) is -0.688. The molecule has 0 saturated carbocycles. The van der Waals surface area contributed by atoms with Crippen LogP contribution in [0.1, 0.15) is 52.4 Å². The molecule has 0 bridgehead atoms. The van der Waals surface area contributed by atoms with E-state index in [4.69, 9.17) is 16.3 Å². The van der Waals surface area contributed by atoms with E-state index in [1.165, 1.54) is 0 Å². The normalized spacial score (nSPS) is 12.8. The second-order valence-corrected chi connectivity index (χ2v) is 5.42. The maximum absolute atomic E-state index is 11.6. The van der Waals surface area contributed by atoms with Gasteiger partial charge in [0, 0.05) is 12.6 Å². The fraction of sp³-hybridized carbons (Fsp3) is 0.800. The molecule has 0 heterocycles. The van der Waals surface area contributed by atoms with Gasteiger partial charge < -0.3 is 16.3 Å². The van der Waals surface area contributed by atoms with E-state index in [1.54, 1.807) is 6.21 Å². The number of Topliss-reactive ketones (excluding diaryl/α,β-unsaturated/α-hetero) is 2. The van der Waals surface area contributed by atoms with E-state index in [9.17, 15) is 9.59 Å². The summed E-state index contributed by atoms with van der Waals surface area (Å²) in [6.07, 6.45) is 6.11. The van der Waals surface area contributed by atoms with Gasteiger partial charge >= 0.3 is 0 Å². The van der Waals surface area contributed by atoms with Gasteiger partial charge in [0.1, 0.15) is 6.61 Å². The fourth-order valence-electron chi connectivity index (χ4n) is 1.60. The quantitative estimate of drug-likeness (QED) is 0.231. The first-order valence-electron chi connectivity index (χ1n) is 7.67. The molecule has 0 radical (unpaired) electrons. The van der Waals surface area contributed by atoms with Crippen LogP contribution < -0.4 is 11.5 Å². The predicted molar refractivity (Wildman–Crippen MR) is 84.0 cm³/mol. The van der Waals surface area contributed by atoms with Gasteiger partial charge in [-0.25, -0.2) is 0 Å². The zero-order valence-corrected chi connectivity index (χ0v) is 13.2. The van der Waals surface area contributed by atoms with Gasteiger partial charge in [-0.1, -0.05) is 19.0 Å². The number of carbonyl (C=O) groups is 2. The number of hydrogen-bond donors (Lipinski definition) is 2. The van der Waals surface area contributed by atoms with E-state index in [0.29, 0.717) is 26.0 Å². The van der Waals surface area contributed by atoms with Gasteiger partial charge in [-0.15, -0.1) is 0 Å². The summed E-state index contributed by atoms with van der Waals surface area (Å²) >= 11 is 0. The van der Waals surface area contributed by atoms with E-state index in [1.807, 2.05) is 13.8 Å². The van der Waals surface area contributed by atoms with Crippen LogP contribution in [0.2, 0.25) is 0 Å². The number of nitrogens with two attached hydrogens (primary N) is 2. The molecule has 0 aromatic rings. The van der Waals surface area contributed by atoms with Crippen LogP contribution in [0.5, 0.6) is 0 Å². The maximum Gasteiger partial charge on any atom is 0.215 e. The molecular weight excluding hydrogens is 270 g/mol. The Balaban J connectivity index is 3.58. The first-order valence-corrected chi connectivity index (χ1v) is 7.67. The smallest absolute Gasteiger partial charge is 0.215 e. The molecule has 6 nitrogen and oxygen atoms in total. The largest absolute Gasteiger partial charge is 0.396 e. The molecule has 21 heavy (non-hydrogen) atoms. The van der Waals surface area contributed by atoms with E-state index in [0.717, 1.165) is 19.3 Å². The zero-order valence-electron chi connectivity index (χ0n) is 13.2. The summed E-state index contributed by atoms with van der Waals surface area (Å²) < 4.78 is 0. The lowest BCUT2D eigenvalue weighted by Gasteiger charge is -2.12. The summed E-state index contributed by atoms with van der Waals surface area (Å²) in [5.41, 5.74) is 11.0. The Bertz CT molecular complexity index is 330. The van der Waals surface area contributed by atoms with Gasteiger partial charge in [-0.05, 0) is 44.6 Å². The molecule has 0 aliphatic carbocycles. The van der Waals surface area contributed by atoms with Gasteiger partial charge in [-0.3, -0.25) is 9.59 Å². The Morgan fingerprint density at radius 2 is 1.90 bits per heavy atom. The number of rotatable bonds is 13. The van der Waals surface area contributed by atoms with Crippen LogP contribution in [-0.2, 0) is 14.4 Å². The predicted octanol–water partition coefficient (Wildman–Crippen LogP) is 1.41. The summed E-state index contributed by atoms with van der Waals surface area (Å²) in [7, 11) is 0. The van der Waals surface area contributed by atoms with Crippen molar-refractivity contribution in [1.82, 2.24) is 0 Å². The fourth-order valence-corrected chi connectivity index (χ4v) is 1.60. The number of nitrogens with zero attached hydrogens (tertiary/aromatic N) is 1. The molecule has 0 fully saturated rings. The van der Waals surface area contributed by atoms with Crippen LogP contribution in [0, 0.1) is 5.92 Å². The van der Waals surface area contributed by atoms with E-state index >= 15 is 0 Å². The van der Waals surface area contributed by atoms with Crippen LogP contribution in [0.25, 0.3) is 0 Å². The average molecular weight is 299 g/mol. The van der Waals surface area contributed by atoms with Crippen molar-refractivity contribution in [3.05, 3.63) is 0 Å². The molecule has 0 rings (SSSR count).